The van der Waals surface area contributed by atoms with Gasteiger partial charge in [-0.15, -0.1) is 0 Å². The Morgan fingerprint density at radius 2 is 2.00 bits per heavy atom. The number of nitrogens with zero attached hydrogens (tertiary/aromatic N) is 2. The second-order valence-corrected chi connectivity index (χ2v) is 6.61. The number of rotatable bonds is 4. The number of piperidine rings is 1. The Balaban J connectivity index is 1.51. The molecular weight excluding hydrogens is 347 g/mol. The zero-order chi connectivity index (χ0) is 18.8. The SMILES string of the molecule is COc1cc(F)ccc1O[C@@H]1CCN(c2nccc3ccccc23)C[C@H]1O. The van der Waals surface area contributed by atoms with E-state index in [9.17, 15) is 9.50 Å². The minimum Gasteiger partial charge on any atom is -0.493 e. The third kappa shape index (κ3) is 3.53. The third-order valence-corrected chi connectivity index (χ3v) is 4.88. The summed E-state index contributed by atoms with van der Waals surface area (Å²) >= 11 is 0. The molecule has 27 heavy (non-hydrogen) atoms. The maximum absolute atomic E-state index is 13.4. The number of hydrogen-bond acceptors (Lipinski definition) is 5. The first-order valence-electron chi connectivity index (χ1n) is 8.92. The fourth-order valence-electron chi connectivity index (χ4n) is 3.50. The summed E-state index contributed by atoms with van der Waals surface area (Å²) in [7, 11) is 1.47. The summed E-state index contributed by atoms with van der Waals surface area (Å²) in [4.78, 5) is 6.60. The highest BCUT2D eigenvalue weighted by Crippen LogP contribution is 2.32. The molecule has 5 nitrogen and oxygen atoms in total. The number of hydrogen-bond donors (Lipinski definition) is 1. The lowest BCUT2D eigenvalue weighted by Crippen LogP contribution is -2.49. The second-order valence-electron chi connectivity index (χ2n) is 6.61. The summed E-state index contributed by atoms with van der Waals surface area (Å²) < 4.78 is 24.5. The number of aliphatic hydroxyl groups excluding tert-OH is 1. The molecule has 1 aromatic heterocycles. The fourth-order valence-corrected chi connectivity index (χ4v) is 3.50. The smallest absolute Gasteiger partial charge is 0.163 e. The zero-order valence-electron chi connectivity index (χ0n) is 15.0. The van der Waals surface area contributed by atoms with Crippen molar-refractivity contribution in [2.75, 3.05) is 25.1 Å². The number of aromatic nitrogens is 1. The molecule has 0 spiro atoms. The van der Waals surface area contributed by atoms with Crippen molar-refractivity contribution >= 4 is 16.6 Å². The number of methoxy groups -OCH3 is 1. The van der Waals surface area contributed by atoms with E-state index in [-0.39, 0.29) is 0 Å². The fraction of sp³-hybridized carbons (Fsp3) is 0.286. The molecule has 1 aliphatic rings. The average Bonchev–Trinajstić information content (AvgIpc) is 2.70. The van der Waals surface area contributed by atoms with Gasteiger partial charge in [-0.3, -0.25) is 0 Å². The Kier molecular flexibility index (Phi) is 4.81. The van der Waals surface area contributed by atoms with E-state index in [1.165, 1.54) is 25.3 Å². The standard InChI is InChI=1S/C21H21FN2O3/c1-26-20-12-15(22)6-7-19(20)27-18-9-11-24(13-17(18)25)21-16-5-3-2-4-14(16)8-10-23-21/h2-8,10,12,17-18,25H,9,11,13H2,1H3/t17-,18-/m1/s1. The quantitative estimate of drug-likeness (QED) is 0.765. The zero-order valence-corrected chi connectivity index (χ0v) is 15.0. The largest absolute Gasteiger partial charge is 0.493 e. The average molecular weight is 368 g/mol. The van der Waals surface area contributed by atoms with Crippen LogP contribution >= 0.6 is 0 Å². The van der Waals surface area contributed by atoms with Gasteiger partial charge >= 0.3 is 0 Å². The topological polar surface area (TPSA) is 54.8 Å². The van der Waals surface area contributed by atoms with Crippen molar-refractivity contribution in [2.45, 2.75) is 18.6 Å². The van der Waals surface area contributed by atoms with Gasteiger partial charge in [-0.25, -0.2) is 9.37 Å². The third-order valence-electron chi connectivity index (χ3n) is 4.88. The van der Waals surface area contributed by atoms with Crippen molar-refractivity contribution < 1.29 is 19.0 Å². The maximum atomic E-state index is 13.4. The van der Waals surface area contributed by atoms with Crippen molar-refractivity contribution in [2.24, 2.45) is 0 Å². The Morgan fingerprint density at radius 3 is 2.81 bits per heavy atom. The van der Waals surface area contributed by atoms with Gasteiger partial charge in [-0.05, 0) is 23.6 Å². The number of ether oxygens (including phenoxy) is 2. The monoisotopic (exact) mass is 368 g/mol. The predicted octanol–water partition coefficient (Wildman–Crippen LogP) is 3.40. The normalized spacial score (nSPS) is 19.9. The summed E-state index contributed by atoms with van der Waals surface area (Å²) in [6.07, 6.45) is 1.31. The van der Waals surface area contributed by atoms with Crippen LogP contribution in [0.5, 0.6) is 11.5 Å². The molecule has 2 heterocycles. The molecular formula is C21H21FN2O3. The number of β-amino-alcohol motifs (C(OH)–C–C–N with tert-alkyl or cyclic N) is 1. The summed E-state index contributed by atoms with van der Waals surface area (Å²) in [6, 6.07) is 14.2. The molecule has 1 N–H and O–H groups in total. The molecule has 1 aliphatic heterocycles. The van der Waals surface area contributed by atoms with Crippen LogP contribution in [0.2, 0.25) is 0 Å². The van der Waals surface area contributed by atoms with Gasteiger partial charge in [0.15, 0.2) is 11.5 Å². The number of anilines is 1. The van der Waals surface area contributed by atoms with Crippen LogP contribution in [0.1, 0.15) is 6.42 Å². The van der Waals surface area contributed by atoms with Crippen LogP contribution in [0.4, 0.5) is 10.2 Å². The summed E-state index contributed by atoms with van der Waals surface area (Å²) in [5.74, 6) is 1.22. The highest BCUT2D eigenvalue weighted by molar-refractivity contribution is 5.92. The molecule has 4 rings (SSSR count). The molecule has 6 heteroatoms. The van der Waals surface area contributed by atoms with Gasteiger partial charge in [0.1, 0.15) is 23.8 Å². The molecule has 0 amide bonds. The van der Waals surface area contributed by atoms with E-state index in [0.29, 0.717) is 31.0 Å². The lowest BCUT2D eigenvalue weighted by atomic mass is 10.0. The van der Waals surface area contributed by atoms with E-state index in [1.54, 1.807) is 6.20 Å². The molecule has 0 radical (unpaired) electrons. The molecule has 1 saturated heterocycles. The number of halogens is 1. The van der Waals surface area contributed by atoms with E-state index in [2.05, 4.69) is 9.88 Å². The van der Waals surface area contributed by atoms with Crippen LogP contribution in [0.15, 0.2) is 54.7 Å². The molecule has 0 unspecified atom stereocenters. The molecule has 0 aliphatic carbocycles. The number of fused-ring (bicyclic) bond motifs is 1. The lowest BCUT2D eigenvalue weighted by Gasteiger charge is -2.37. The lowest BCUT2D eigenvalue weighted by molar-refractivity contribution is 0.0227. The first-order valence-corrected chi connectivity index (χ1v) is 8.92. The minimum atomic E-state index is -0.700. The van der Waals surface area contributed by atoms with Crippen LogP contribution in [-0.2, 0) is 0 Å². The van der Waals surface area contributed by atoms with E-state index in [4.69, 9.17) is 9.47 Å². The summed E-state index contributed by atoms with van der Waals surface area (Å²) in [6.45, 7) is 1.11. The highest BCUT2D eigenvalue weighted by atomic mass is 19.1. The van der Waals surface area contributed by atoms with Crippen molar-refractivity contribution in [3.05, 3.63) is 60.5 Å². The predicted molar refractivity (Wildman–Crippen MR) is 102 cm³/mol. The number of aliphatic hydroxyl groups is 1. The van der Waals surface area contributed by atoms with Gasteiger partial charge < -0.3 is 19.5 Å². The first kappa shape index (κ1) is 17.5. The number of pyridine rings is 1. The Hall–Kier alpha value is -2.86. The Morgan fingerprint density at radius 1 is 1.15 bits per heavy atom. The van der Waals surface area contributed by atoms with Gasteiger partial charge in [0.2, 0.25) is 0 Å². The van der Waals surface area contributed by atoms with E-state index < -0.39 is 18.0 Å². The number of benzene rings is 2. The molecule has 0 bridgehead atoms. The molecule has 140 valence electrons. The van der Waals surface area contributed by atoms with Gasteiger partial charge in [0.05, 0.1) is 7.11 Å². The molecule has 2 atom stereocenters. The van der Waals surface area contributed by atoms with Crippen LogP contribution < -0.4 is 14.4 Å². The molecule has 1 fully saturated rings. The van der Waals surface area contributed by atoms with E-state index in [1.807, 2.05) is 30.3 Å². The van der Waals surface area contributed by atoms with Crippen LogP contribution in [0.25, 0.3) is 10.8 Å². The van der Waals surface area contributed by atoms with Crippen molar-refractivity contribution in [1.29, 1.82) is 0 Å². The van der Waals surface area contributed by atoms with E-state index in [0.717, 1.165) is 16.6 Å². The second kappa shape index (κ2) is 7.40. The minimum absolute atomic E-state index is 0.320. The Labute approximate surface area is 157 Å². The van der Waals surface area contributed by atoms with Crippen LogP contribution in [0, 0.1) is 5.82 Å². The highest BCUT2D eigenvalue weighted by Gasteiger charge is 2.31. The van der Waals surface area contributed by atoms with Crippen LogP contribution in [-0.4, -0.2) is 42.5 Å². The summed E-state index contributed by atoms with van der Waals surface area (Å²) in [5.41, 5.74) is 0. The molecule has 2 aromatic carbocycles. The first-order chi connectivity index (χ1) is 13.2. The van der Waals surface area contributed by atoms with Crippen LogP contribution in [0.3, 0.4) is 0 Å². The van der Waals surface area contributed by atoms with Gasteiger partial charge in [0.25, 0.3) is 0 Å². The maximum Gasteiger partial charge on any atom is 0.163 e. The van der Waals surface area contributed by atoms with Gasteiger partial charge in [-0.2, -0.15) is 0 Å². The molecule has 3 aromatic rings. The molecule has 0 saturated carbocycles. The van der Waals surface area contributed by atoms with Gasteiger partial charge in [0, 0.05) is 37.2 Å². The van der Waals surface area contributed by atoms with Gasteiger partial charge in [-0.1, -0.05) is 24.3 Å². The van der Waals surface area contributed by atoms with E-state index >= 15 is 0 Å². The Bertz CT molecular complexity index is 944. The van der Waals surface area contributed by atoms with Crippen molar-refractivity contribution in [3.63, 3.8) is 0 Å². The summed E-state index contributed by atoms with van der Waals surface area (Å²) in [5, 5.41) is 12.8. The van der Waals surface area contributed by atoms with Crippen molar-refractivity contribution in [3.8, 4) is 11.5 Å². The van der Waals surface area contributed by atoms with Crippen molar-refractivity contribution in [1.82, 2.24) is 4.98 Å².